The van der Waals surface area contributed by atoms with E-state index in [4.69, 9.17) is 4.74 Å². The number of nitrogens with one attached hydrogen (secondary N) is 1. The lowest BCUT2D eigenvalue weighted by atomic mass is 10.1. The van der Waals surface area contributed by atoms with E-state index in [9.17, 15) is 32.9 Å². The van der Waals surface area contributed by atoms with Crippen molar-refractivity contribution < 1.29 is 37.3 Å². The fraction of sp³-hybridized carbons (Fsp3) is 0.500. The van der Waals surface area contributed by atoms with E-state index in [1.165, 1.54) is 0 Å². The number of carbonyl (C=O) groups is 2. The summed E-state index contributed by atoms with van der Waals surface area (Å²) in [4.78, 5) is 37.5. The molecule has 2 saturated heterocycles. The molecule has 0 saturated carbocycles. The lowest BCUT2D eigenvalue weighted by Crippen LogP contribution is -3.15. The Labute approximate surface area is 157 Å². The largest absolute Gasteiger partial charge is 0.447 e. The molecule has 3 rings (SSSR count). The quantitative estimate of drug-likeness (QED) is 0.574. The molecule has 152 valence electrons. The SMILES string of the molecule is O=C(C[NH+]1CCN(c2ccc(C(F)(F)F)cc2[N+](=O)[O-])CC1)N1CCOC1=O. The Kier molecular flexibility index (Phi) is 5.40. The third kappa shape index (κ3) is 4.16. The zero-order valence-corrected chi connectivity index (χ0v) is 14.7. The van der Waals surface area contributed by atoms with Gasteiger partial charge in [0, 0.05) is 6.07 Å². The van der Waals surface area contributed by atoms with Crippen molar-refractivity contribution in [3.05, 3.63) is 33.9 Å². The van der Waals surface area contributed by atoms with Crippen LogP contribution in [-0.2, 0) is 15.7 Å². The van der Waals surface area contributed by atoms with Crippen LogP contribution in [0, 0.1) is 10.1 Å². The summed E-state index contributed by atoms with van der Waals surface area (Å²) in [5.74, 6) is -0.355. The third-order valence-electron chi connectivity index (χ3n) is 4.77. The van der Waals surface area contributed by atoms with E-state index in [-0.39, 0.29) is 31.3 Å². The Morgan fingerprint density at radius 2 is 1.93 bits per heavy atom. The maximum atomic E-state index is 12.8. The number of amides is 2. The Morgan fingerprint density at radius 3 is 2.46 bits per heavy atom. The number of carbonyl (C=O) groups excluding carboxylic acids is 2. The van der Waals surface area contributed by atoms with Gasteiger partial charge in [-0.1, -0.05) is 0 Å². The summed E-state index contributed by atoms with van der Waals surface area (Å²) in [6.45, 7) is 2.04. The summed E-state index contributed by atoms with van der Waals surface area (Å²) in [7, 11) is 0. The number of quaternary nitrogens is 1. The van der Waals surface area contributed by atoms with Crippen LogP contribution in [0.5, 0.6) is 0 Å². The number of cyclic esters (lactones) is 1. The first-order chi connectivity index (χ1) is 13.2. The average molecular weight is 403 g/mol. The highest BCUT2D eigenvalue weighted by atomic mass is 19.4. The van der Waals surface area contributed by atoms with Crippen LogP contribution in [0.15, 0.2) is 18.2 Å². The van der Waals surface area contributed by atoms with Crippen LogP contribution in [0.4, 0.5) is 29.3 Å². The number of rotatable bonds is 4. The number of benzene rings is 1. The van der Waals surface area contributed by atoms with Crippen molar-refractivity contribution in [1.82, 2.24) is 4.90 Å². The van der Waals surface area contributed by atoms with Gasteiger partial charge in [-0.25, -0.2) is 9.69 Å². The lowest BCUT2D eigenvalue weighted by Gasteiger charge is -2.33. The summed E-state index contributed by atoms with van der Waals surface area (Å²) >= 11 is 0. The zero-order chi connectivity index (χ0) is 20.5. The van der Waals surface area contributed by atoms with Gasteiger partial charge in [0.2, 0.25) is 0 Å². The number of piperazine rings is 1. The molecule has 0 aliphatic carbocycles. The number of anilines is 1. The molecule has 2 amide bonds. The molecule has 0 unspecified atom stereocenters. The van der Waals surface area contributed by atoms with Crippen molar-refractivity contribution in [1.29, 1.82) is 0 Å². The van der Waals surface area contributed by atoms with Crippen LogP contribution in [0.25, 0.3) is 0 Å². The summed E-state index contributed by atoms with van der Waals surface area (Å²) < 4.78 is 43.2. The van der Waals surface area contributed by atoms with E-state index in [2.05, 4.69) is 0 Å². The molecular weight excluding hydrogens is 385 g/mol. The first-order valence-electron chi connectivity index (χ1n) is 8.58. The molecule has 1 N–H and O–H groups in total. The average Bonchev–Trinajstić information content (AvgIpc) is 3.07. The summed E-state index contributed by atoms with van der Waals surface area (Å²) in [6.07, 6.45) is -5.33. The number of alkyl halides is 3. The molecular formula is C16H18F3N4O5+. The van der Waals surface area contributed by atoms with Gasteiger partial charge in [0.25, 0.3) is 11.6 Å². The number of nitro benzene ring substituents is 1. The lowest BCUT2D eigenvalue weighted by molar-refractivity contribution is -0.892. The van der Waals surface area contributed by atoms with Gasteiger partial charge in [-0.2, -0.15) is 13.2 Å². The number of imide groups is 1. The van der Waals surface area contributed by atoms with Crippen molar-refractivity contribution in [3.63, 3.8) is 0 Å². The van der Waals surface area contributed by atoms with Gasteiger partial charge >= 0.3 is 12.3 Å². The minimum atomic E-state index is -4.66. The summed E-state index contributed by atoms with van der Waals surface area (Å²) in [5.41, 5.74) is -1.56. The molecule has 0 aromatic heterocycles. The van der Waals surface area contributed by atoms with E-state index in [1.807, 2.05) is 0 Å². The van der Waals surface area contributed by atoms with Crippen molar-refractivity contribution in [2.24, 2.45) is 0 Å². The molecule has 2 fully saturated rings. The highest BCUT2D eigenvalue weighted by Crippen LogP contribution is 2.36. The molecule has 0 radical (unpaired) electrons. The Morgan fingerprint density at radius 1 is 1.25 bits per heavy atom. The highest BCUT2D eigenvalue weighted by Gasteiger charge is 2.35. The number of ether oxygens (including phenoxy) is 1. The van der Waals surface area contributed by atoms with Crippen molar-refractivity contribution in [3.8, 4) is 0 Å². The fourth-order valence-corrected chi connectivity index (χ4v) is 3.28. The number of hydrogen-bond donors (Lipinski definition) is 1. The minimum Gasteiger partial charge on any atom is -0.447 e. The van der Waals surface area contributed by atoms with Crippen molar-refractivity contribution in [2.75, 3.05) is 50.8 Å². The number of nitrogens with zero attached hydrogens (tertiary/aromatic N) is 3. The molecule has 0 atom stereocenters. The second-order valence-electron chi connectivity index (χ2n) is 6.53. The third-order valence-corrected chi connectivity index (χ3v) is 4.77. The molecule has 1 aromatic carbocycles. The van der Waals surface area contributed by atoms with Crippen LogP contribution in [0.3, 0.4) is 0 Å². The Balaban J connectivity index is 1.65. The van der Waals surface area contributed by atoms with Crippen molar-refractivity contribution in [2.45, 2.75) is 6.18 Å². The van der Waals surface area contributed by atoms with Gasteiger partial charge in [-0.05, 0) is 12.1 Å². The second kappa shape index (κ2) is 7.62. The van der Waals surface area contributed by atoms with Crippen LogP contribution >= 0.6 is 0 Å². The maximum absolute atomic E-state index is 12.8. The molecule has 0 bridgehead atoms. The van der Waals surface area contributed by atoms with Crippen LogP contribution in [-0.4, -0.2) is 67.7 Å². The molecule has 0 spiro atoms. The van der Waals surface area contributed by atoms with Crippen LogP contribution < -0.4 is 9.80 Å². The maximum Gasteiger partial charge on any atom is 0.416 e. The Bertz CT molecular complexity index is 793. The van der Waals surface area contributed by atoms with Crippen LogP contribution in [0.2, 0.25) is 0 Å². The van der Waals surface area contributed by atoms with E-state index in [0.717, 1.165) is 21.9 Å². The number of nitro groups is 1. The molecule has 2 aliphatic heterocycles. The zero-order valence-electron chi connectivity index (χ0n) is 14.7. The molecule has 28 heavy (non-hydrogen) atoms. The second-order valence-corrected chi connectivity index (χ2v) is 6.53. The normalized spacial score (nSPS) is 18.3. The standard InChI is InChI=1S/C16H17F3N4O5/c17-16(18,19)11-1-2-12(13(9-11)23(26)27)21-5-3-20(4-6-21)10-14(24)22-7-8-28-15(22)25/h1-2,9H,3-8,10H2/p+1. The molecule has 2 heterocycles. The Hall–Kier alpha value is -2.89. The molecule has 2 aliphatic rings. The number of hydrogen-bond acceptors (Lipinski definition) is 6. The molecule has 1 aromatic rings. The van der Waals surface area contributed by atoms with Crippen molar-refractivity contribution >= 4 is 23.4 Å². The van der Waals surface area contributed by atoms with Crippen LogP contribution in [0.1, 0.15) is 5.56 Å². The van der Waals surface area contributed by atoms with E-state index < -0.39 is 28.4 Å². The van der Waals surface area contributed by atoms with Gasteiger partial charge < -0.3 is 14.5 Å². The monoisotopic (exact) mass is 403 g/mol. The van der Waals surface area contributed by atoms with Gasteiger partial charge in [0.1, 0.15) is 12.3 Å². The predicted molar refractivity (Wildman–Crippen MR) is 88.9 cm³/mol. The summed E-state index contributed by atoms with van der Waals surface area (Å²) in [5, 5.41) is 11.2. The smallest absolute Gasteiger partial charge is 0.416 e. The number of halogens is 3. The fourth-order valence-electron chi connectivity index (χ4n) is 3.28. The predicted octanol–water partition coefficient (Wildman–Crippen LogP) is 0.297. The molecule has 12 heteroatoms. The first-order valence-corrected chi connectivity index (χ1v) is 8.58. The minimum absolute atomic E-state index is 0.0814. The topological polar surface area (TPSA) is 97.4 Å². The summed E-state index contributed by atoms with van der Waals surface area (Å²) in [6, 6.07) is 2.47. The van der Waals surface area contributed by atoms with Gasteiger partial charge in [-0.15, -0.1) is 0 Å². The van der Waals surface area contributed by atoms with Gasteiger partial charge in [-0.3, -0.25) is 14.9 Å². The van der Waals surface area contributed by atoms with E-state index in [0.29, 0.717) is 32.2 Å². The van der Waals surface area contributed by atoms with E-state index >= 15 is 0 Å². The molecule has 9 nitrogen and oxygen atoms in total. The van der Waals surface area contributed by atoms with E-state index in [1.54, 1.807) is 4.90 Å². The highest BCUT2D eigenvalue weighted by molar-refractivity contribution is 5.93. The first kappa shape index (κ1) is 19.9. The van der Waals surface area contributed by atoms with Gasteiger partial charge in [0.15, 0.2) is 6.54 Å². The van der Waals surface area contributed by atoms with Gasteiger partial charge in [0.05, 0.1) is 43.2 Å².